The molecule has 0 spiro atoms. The number of hydrogen-bond donors (Lipinski definition) is 3. The molecule has 0 aromatic rings. The first-order valence-electron chi connectivity index (χ1n) is 4.25. The molecule has 0 saturated heterocycles. The van der Waals surface area contributed by atoms with E-state index < -0.39 is 0 Å². The van der Waals surface area contributed by atoms with Gasteiger partial charge in [0.1, 0.15) is 0 Å². The van der Waals surface area contributed by atoms with Crippen LogP contribution in [0.4, 0.5) is 0 Å². The first-order chi connectivity index (χ1) is 6.72. The van der Waals surface area contributed by atoms with E-state index in [-0.39, 0.29) is 38.8 Å². The van der Waals surface area contributed by atoms with Crippen LogP contribution in [-0.4, -0.2) is 55.5 Å². The Labute approximate surface area is 96.6 Å². The molecule has 0 rings (SSSR count). The number of rotatable bonds is 7. The van der Waals surface area contributed by atoms with Crippen LogP contribution in [0.15, 0.2) is 12.7 Å². The highest BCUT2D eigenvalue weighted by atomic mass is 35.5. The van der Waals surface area contributed by atoms with E-state index in [0.29, 0.717) is 6.54 Å². The molecule has 0 aliphatic rings. The molecule has 0 fully saturated rings. The Morgan fingerprint density at radius 2 is 1.60 bits per heavy atom. The van der Waals surface area contributed by atoms with Crippen LogP contribution < -0.4 is 5.73 Å². The fourth-order valence-corrected chi connectivity index (χ4v) is 0.376. The number of aliphatic hydroxyl groups is 2. The molecule has 6 nitrogen and oxygen atoms in total. The molecular formula is C8H21ClN2O4. The van der Waals surface area contributed by atoms with E-state index in [0.717, 1.165) is 5.23 Å². The fourth-order valence-electron chi connectivity index (χ4n) is 0.376. The minimum atomic E-state index is -0.0488. The van der Waals surface area contributed by atoms with E-state index in [4.69, 9.17) is 25.6 Å². The predicted octanol–water partition coefficient (Wildman–Crippen LogP) is -0.681. The third kappa shape index (κ3) is 24.8. The number of halogens is 1. The lowest BCUT2D eigenvalue weighted by molar-refractivity contribution is -0.356. The summed E-state index contributed by atoms with van der Waals surface area (Å²) in [5.41, 5.74) is 4.91. The van der Waals surface area contributed by atoms with E-state index in [9.17, 15) is 0 Å². The molecule has 15 heavy (non-hydrogen) atoms. The van der Waals surface area contributed by atoms with Crippen LogP contribution in [0.1, 0.15) is 0 Å². The Morgan fingerprint density at radius 1 is 1.27 bits per heavy atom. The average molecular weight is 245 g/mol. The molecule has 0 saturated carbocycles. The molecule has 4 N–H and O–H groups in total. The van der Waals surface area contributed by atoms with Gasteiger partial charge in [0.2, 0.25) is 0 Å². The fraction of sp³-hybridized carbons (Fsp3) is 0.750. The summed E-state index contributed by atoms with van der Waals surface area (Å²) in [6.45, 7) is 4.23. The SMILES string of the molecule is C=CCN.CN(OCCO)OCCO.Cl. The van der Waals surface area contributed by atoms with E-state index in [2.05, 4.69) is 6.58 Å². The van der Waals surface area contributed by atoms with Gasteiger partial charge in [0.25, 0.3) is 0 Å². The van der Waals surface area contributed by atoms with E-state index in [1.165, 1.54) is 0 Å². The van der Waals surface area contributed by atoms with Crippen molar-refractivity contribution < 1.29 is 19.9 Å². The topological polar surface area (TPSA) is 88.2 Å². The maximum Gasteiger partial charge on any atom is 0.0942 e. The Kier molecular flexibility index (Phi) is 26.1. The summed E-state index contributed by atoms with van der Waals surface area (Å²) in [5, 5.41) is 17.7. The van der Waals surface area contributed by atoms with Gasteiger partial charge in [-0.1, -0.05) is 11.3 Å². The van der Waals surface area contributed by atoms with Gasteiger partial charge in [0, 0.05) is 13.6 Å². The molecule has 7 heteroatoms. The van der Waals surface area contributed by atoms with Gasteiger partial charge < -0.3 is 15.9 Å². The molecular weight excluding hydrogens is 224 g/mol. The molecule has 0 aromatic carbocycles. The van der Waals surface area contributed by atoms with E-state index in [1.807, 2.05) is 0 Å². The van der Waals surface area contributed by atoms with Crippen LogP contribution in [0.25, 0.3) is 0 Å². The zero-order valence-electron chi connectivity index (χ0n) is 8.96. The molecule has 0 bridgehead atoms. The second-order valence-corrected chi connectivity index (χ2v) is 2.08. The average Bonchev–Trinajstić information content (AvgIpc) is 2.23. The Bertz CT molecular complexity index is 111. The van der Waals surface area contributed by atoms with Crippen molar-refractivity contribution in [1.29, 1.82) is 0 Å². The van der Waals surface area contributed by atoms with Gasteiger partial charge in [-0.2, -0.15) is 0 Å². The number of aliphatic hydroxyl groups excluding tert-OH is 2. The van der Waals surface area contributed by atoms with Crippen molar-refractivity contribution in [3.8, 4) is 0 Å². The molecule has 0 aliphatic heterocycles. The van der Waals surface area contributed by atoms with E-state index >= 15 is 0 Å². The van der Waals surface area contributed by atoms with Crippen LogP contribution in [0.3, 0.4) is 0 Å². The lowest BCUT2D eigenvalue weighted by Crippen LogP contribution is -2.22. The normalized spacial score (nSPS) is 8.87. The highest BCUT2D eigenvalue weighted by molar-refractivity contribution is 5.85. The maximum atomic E-state index is 8.28. The molecule has 0 heterocycles. The highest BCUT2D eigenvalue weighted by Gasteiger charge is 1.95. The van der Waals surface area contributed by atoms with Gasteiger partial charge in [0.15, 0.2) is 0 Å². The van der Waals surface area contributed by atoms with Crippen molar-refractivity contribution in [2.75, 3.05) is 40.0 Å². The standard InChI is InChI=1S/C5H13NO4.C3H7N.ClH/c1-6(9-4-2-7)10-5-3-8;1-2-3-4;/h7-8H,2-5H2,1H3;2H,1,3-4H2;1H. The first kappa shape index (κ1) is 20.2. The highest BCUT2D eigenvalue weighted by Crippen LogP contribution is 1.85. The van der Waals surface area contributed by atoms with Gasteiger partial charge in [-0.25, -0.2) is 0 Å². The van der Waals surface area contributed by atoms with Gasteiger partial charge >= 0.3 is 0 Å². The number of hydroxylamine groups is 2. The van der Waals surface area contributed by atoms with Crippen molar-refractivity contribution in [3.05, 3.63) is 12.7 Å². The molecule has 0 aliphatic carbocycles. The summed E-state index contributed by atoms with van der Waals surface area (Å²) in [7, 11) is 1.55. The van der Waals surface area contributed by atoms with Crippen molar-refractivity contribution in [2.45, 2.75) is 0 Å². The lowest BCUT2D eigenvalue weighted by Gasteiger charge is -2.13. The summed E-state index contributed by atoms with van der Waals surface area (Å²) in [4.78, 5) is 9.49. The largest absolute Gasteiger partial charge is 0.394 e. The minimum absolute atomic E-state index is 0. The smallest absolute Gasteiger partial charge is 0.0942 e. The van der Waals surface area contributed by atoms with Crippen LogP contribution in [0, 0.1) is 0 Å². The summed E-state index contributed by atoms with van der Waals surface area (Å²) in [5.74, 6) is 0. The number of nitrogens with two attached hydrogens (primary N) is 1. The van der Waals surface area contributed by atoms with Crippen molar-refractivity contribution in [1.82, 2.24) is 5.23 Å². The quantitative estimate of drug-likeness (QED) is 0.406. The van der Waals surface area contributed by atoms with Gasteiger partial charge in [-0.05, 0) is 0 Å². The maximum absolute atomic E-state index is 8.28. The summed E-state index contributed by atoms with van der Waals surface area (Å²) in [6.07, 6.45) is 1.65. The van der Waals surface area contributed by atoms with Crippen LogP contribution in [-0.2, 0) is 9.68 Å². The molecule has 94 valence electrons. The third-order valence-corrected chi connectivity index (χ3v) is 0.895. The van der Waals surface area contributed by atoms with Gasteiger partial charge in [-0.3, -0.25) is 9.68 Å². The lowest BCUT2D eigenvalue weighted by atomic mass is 10.7. The Balaban J connectivity index is -0.000000249. The molecule has 0 amide bonds. The van der Waals surface area contributed by atoms with Crippen LogP contribution in [0.5, 0.6) is 0 Å². The second kappa shape index (κ2) is 19.4. The number of nitrogens with zero attached hydrogens (tertiary/aromatic N) is 1. The van der Waals surface area contributed by atoms with Crippen molar-refractivity contribution >= 4 is 12.4 Å². The molecule has 0 aromatic heterocycles. The minimum Gasteiger partial charge on any atom is -0.394 e. The first-order valence-corrected chi connectivity index (χ1v) is 4.25. The zero-order chi connectivity index (χ0) is 11.2. The monoisotopic (exact) mass is 244 g/mol. The second-order valence-electron chi connectivity index (χ2n) is 2.08. The summed E-state index contributed by atoms with van der Waals surface area (Å²) in [6, 6.07) is 0. The van der Waals surface area contributed by atoms with Crippen LogP contribution in [0.2, 0.25) is 0 Å². The molecule has 0 atom stereocenters. The van der Waals surface area contributed by atoms with Crippen molar-refractivity contribution in [3.63, 3.8) is 0 Å². The van der Waals surface area contributed by atoms with E-state index in [1.54, 1.807) is 13.1 Å². The zero-order valence-corrected chi connectivity index (χ0v) is 9.78. The predicted molar refractivity (Wildman–Crippen MR) is 60.3 cm³/mol. The van der Waals surface area contributed by atoms with Gasteiger partial charge in [0.05, 0.1) is 26.4 Å². The Hall–Kier alpha value is -0.210. The molecule has 0 unspecified atom stereocenters. The number of hydrogen-bond acceptors (Lipinski definition) is 6. The van der Waals surface area contributed by atoms with Crippen LogP contribution >= 0.6 is 12.4 Å². The molecule has 0 radical (unpaired) electrons. The Morgan fingerprint density at radius 3 is 1.80 bits per heavy atom. The van der Waals surface area contributed by atoms with Crippen molar-refractivity contribution in [2.24, 2.45) is 5.73 Å². The summed E-state index contributed by atoms with van der Waals surface area (Å²) >= 11 is 0. The third-order valence-electron chi connectivity index (χ3n) is 0.895. The van der Waals surface area contributed by atoms with Gasteiger partial charge in [-0.15, -0.1) is 19.0 Å². The summed E-state index contributed by atoms with van der Waals surface area (Å²) < 4.78 is 0.